The van der Waals surface area contributed by atoms with Gasteiger partial charge in [-0.2, -0.15) is 10.2 Å². The van der Waals surface area contributed by atoms with Crippen LogP contribution in [0, 0.1) is 5.41 Å². The Labute approximate surface area is 201 Å². The number of benzene rings is 1. The molecule has 10 heteroatoms. The lowest BCUT2D eigenvalue weighted by Gasteiger charge is -2.36. The van der Waals surface area contributed by atoms with Gasteiger partial charge < -0.3 is 15.0 Å². The average Bonchev–Trinajstić information content (AvgIpc) is 3.53. The number of anilines is 1. The number of amides is 2. The van der Waals surface area contributed by atoms with Crippen LogP contribution in [-0.4, -0.2) is 61.8 Å². The van der Waals surface area contributed by atoms with Crippen LogP contribution in [0.5, 0.6) is 5.75 Å². The molecule has 1 saturated carbocycles. The number of hydrogen-bond acceptors (Lipinski definition) is 6. The summed E-state index contributed by atoms with van der Waals surface area (Å²) in [4.78, 5) is 31.4. The van der Waals surface area contributed by atoms with Crippen molar-refractivity contribution in [3.8, 4) is 5.75 Å². The SMILES string of the molecule is COc1cc2nn(C3CCC4(CC3)CC(=O)N(C)C4)cc2cc1C(=O)Nc1cn2ncccc2n1. The van der Waals surface area contributed by atoms with Crippen LogP contribution in [-0.2, 0) is 4.79 Å². The molecular weight excluding hydrogens is 446 g/mol. The van der Waals surface area contributed by atoms with Crippen LogP contribution in [0.15, 0.2) is 42.9 Å². The van der Waals surface area contributed by atoms with Crippen molar-refractivity contribution in [2.45, 2.75) is 38.1 Å². The maximum absolute atomic E-state index is 13.1. The number of rotatable bonds is 4. The summed E-state index contributed by atoms with van der Waals surface area (Å²) >= 11 is 0. The molecule has 1 saturated heterocycles. The number of fused-ring (bicyclic) bond motifs is 2. The largest absolute Gasteiger partial charge is 0.496 e. The zero-order valence-corrected chi connectivity index (χ0v) is 19.8. The summed E-state index contributed by atoms with van der Waals surface area (Å²) in [5.74, 6) is 0.816. The first-order valence-corrected chi connectivity index (χ1v) is 11.9. The Morgan fingerprint density at radius 1 is 1.23 bits per heavy atom. The number of hydrogen-bond donors (Lipinski definition) is 1. The van der Waals surface area contributed by atoms with E-state index in [4.69, 9.17) is 9.84 Å². The van der Waals surface area contributed by atoms with E-state index in [1.807, 2.05) is 35.0 Å². The maximum atomic E-state index is 13.1. The Morgan fingerprint density at radius 3 is 2.77 bits per heavy atom. The molecule has 1 spiro atoms. The standard InChI is InChI=1S/C25H27N7O3/c1-30-15-25(12-23(30)33)7-5-17(6-8-25)31-13-16-10-18(20(35-2)11-19(16)29-31)24(34)28-21-14-32-22(27-21)4-3-9-26-32/h3-4,9-11,13-14,17H,5-8,12,15H2,1-2H3,(H,28,34). The molecule has 2 aliphatic rings. The second-order valence-corrected chi connectivity index (χ2v) is 9.78. The Bertz CT molecular complexity index is 1420. The summed E-state index contributed by atoms with van der Waals surface area (Å²) in [6.07, 6.45) is 10.0. The van der Waals surface area contributed by atoms with Crippen molar-refractivity contribution in [2.75, 3.05) is 26.0 Å². The first kappa shape index (κ1) is 21.6. The van der Waals surface area contributed by atoms with Crippen molar-refractivity contribution in [1.82, 2.24) is 29.3 Å². The summed E-state index contributed by atoms with van der Waals surface area (Å²) in [7, 11) is 3.45. The molecule has 10 nitrogen and oxygen atoms in total. The van der Waals surface area contributed by atoms with Gasteiger partial charge in [0, 0.05) is 43.9 Å². The van der Waals surface area contributed by atoms with Crippen LogP contribution in [0.2, 0.25) is 0 Å². The van der Waals surface area contributed by atoms with Crippen molar-refractivity contribution in [3.05, 3.63) is 48.4 Å². The Morgan fingerprint density at radius 2 is 2.06 bits per heavy atom. The van der Waals surface area contributed by atoms with Gasteiger partial charge in [-0.3, -0.25) is 14.3 Å². The second kappa shape index (κ2) is 8.07. The molecule has 0 radical (unpaired) electrons. The minimum atomic E-state index is -0.311. The van der Waals surface area contributed by atoms with E-state index in [9.17, 15) is 9.59 Å². The van der Waals surface area contributed by atoms with Gasteiger partial charge in [-0.15, -0.1) is 0 Å². The van der Waals surface area contributed by atoms with Crippen molar-refractivity contribution >= 4 is 34.2 Å². The van der Waals surface area contributed by atoms with Gasteiger partial charge in [0.05, 0.1) is 30.4 Å². The minimum Gasteiger partial charge on any atom is -0.496 e. The van der Waals surface area contributed by atoms with E-state index in [1.165, 1.54) is 0 Å². The fraction of sp³-hybridized carbons (Fsp3) is 0.400. The molecule has 0 unspecified atom stereocenters. The van der Waals surface area contributed by atoms with Crippen LogP contribution in [0.3, 0.4) is 0 Å². The molecule has 1 N–H and O–H groups in total. The molecule has 1 aliphatic carbocycles. The first-order chi connectivity index (χ1) is 16.9. The minimum absolute atomic E-state index is 0.122. The van der Waals surface area contributed by atoms with Crippen LogP contribution in [0.4, 0.5) is 5.82 Å². The van der Waals surface area contributed by atoms with Gasteiger partial charge in [-0.1, -0.05) is 0 Å². The zero-order chi connectivity index (χ0) is 24.2. The van der Waals surface area contributed by atoms with Crippen LogP contribution < -0.4 is 10.1 Å². The van der Waals surface area contributed by atoms with Crippen LogP contribution in [0.25, 0.3) is 16.6 Å². The summed E-state index contributed by atoms with van der Waals surface area (Å²) in [5, 5.41) is 12.7. The van der Waals surface area contributed by atoms with Crippen LogP contribution in [0.1, 0.15) is 48.5 Å². The summed E-state index contributed by atoms with van der Waals surface area (Å²) in [5.41, 5.74) is 1.97. The molecule has 1 aromatic carbocycles. The van der Waals surface area contributed by atoms with Crippen molar-refractivity contribution < 1.29 is 14.3 Å². The molecule has 6 rings (SSSR count). The number of ether oxygens (including phenoxy) is 1. The number of imidazole rings is 1. The third-order valence-electron chi connectivity index (χ3n) is 7.48. The number of carbonyl (C=O) groups excluding carboxylic acids is 2. The highest BCUT2D eigenvalue weighted by Gasteiger charge is 2.44. The highest BCUT2D eigenvalue weighted by molar-refractivity contribution is 6.08. The fourth-order valence-corrected chi connectivity index (χ4v) is 5.60. The number of nitrogens with zero attached hydrogens (tertiary/aromatic N) is 6. The van der Waals surface area contributed by atoms with Gasteiger partial charge in [-0.05, 0) is 49.3 Å². The molecule has 4 heterocycles. The average molecular weight is 474 g/mol. The Kier molecular flexibility index (Phi) is 4.98. The number of carbonyl (C=O) groups is 2. The van der Waals surface area contributed by atoms with Crippen molar-refractivity contribution in [2.24, 2.45) is 5.41 Å². The van der Waals surface area contributed by atoms with E-state index in [0.29, 0.717) is 29.2 Å². The maximum Gasteiger partial charge on any atom is 0.260 e. The van der Waals surface area contributed by atoms with E-state index in [1.54, 1.807) is 36.2 Å². The second-order valence-electron chi connectivity index (χ2n) is 9.78. The zero-order valence-electron chi connectivity index (χ0n) is 19.8. The van der Waals surface area contributed by atoms with Crippen molar-refractivity contribution in [3.63, 3.8) is 0 Å². The molecule has 2 fully saturated rings. The van der Waals surface area contributed by atoms with Gasteiger partial charge in [0.2, 0.25) is 5.91 Å². The van der Waals surface area contributed by atoms with E-state index in [-0.39, 0.29) is 23.3 Å². The van der Waals surface area contributed by atoms with Gasteiger partial charge in [-0.25, -0.2) is 9.50 Å². The monoisotopic (exact) mass is 473 g/mol. The molecule has 35 heavy (non-hydrogen) atoms. The van der Waals surface area contributed by atoms with Gasteiger partial charge in [0.25, 0.3) is 5.91 Å². The normalized spacial score (nSPS) is 22.4. The summed E-state index contributed by atoms with van der Waals surface area (Å²) in [6, 6.07) is 7.51. The predicted octanol–water partition coefficient (Wildman–Crippen LogP) is 3.30. The summed E-state index contributed by atoms with van der Waals surface area (Å²) < 4.78 is 9.15. The molecule has 4 aromatic rings. The topological polar surface area (TPSA) is 107 Å². The number of nitrogens with one attached hydrogen (secondary N) is 1. The van der Waals surface area contributed by atoms with E-state index in [0.717, 1.165) is 43.1 Å². The Balaban J connectivity index is 1.23. The van der Waals surface area contributed by atoms with E-state index < -0.39 is 0 Å². The van der Waals surface area contributed by atoms with Gasteiger partial charge >= 0.3 is 0 Å². The highest BCUT2D eigenvalue weighted by Crippen LogP contribution is 2.47. The number of aromatic nitrogens is 5. The predicted molar refractivity (Wildman–Crippen MR) is 129 cm³/mol. The molecule has 1 aliphatic heterocycles. The third kappa shape index (κ3) is 3.78. The number of likely N-dealkylation sites (tertiary alicyclic amines) is 1. The quantitative estimate of drug-likeness (QED) is 0.487. The molecule has 2 amide bonds. The first-order valence-electron chi connectivity index (χ1n) is 11.9. The lowest BCUT2D eigenvalue weighted by atomic mass is 9.72. The Hall–Kier alpha value is -3.95. The third-order valence-corrected chi connectivity index (χ3v) is 7.48. The van der Waals surface area contributed by atoms with Gasteiger partial charge in [0.1, 0.15) is 5.75 Å². The smallest absolute Gasteiger partial charge is 0.260 e. The van der Waals surface area contributed by atoms with E-state index >= 15 is 0 Å². The molecule has 0 bridgehead atoms. The fourth-order valence-electron chi connectivity index (χ4n) is 5.60. The highest BCUT2D eigenvalue weighted by atomic mass is 16.5. The lowest BCUT2D eigenvalue weighted by molar-refractivity contribution is -0.126. The van der Waals surface area contributed by atoms with Gasteiger partial charge in [0.15, 0.2) is 11.5 Å². The van der Waals surface area contributed by atoms with Crippen molar-refractivity contribution in [1.29, 1.82) is 0 Å². The summed E-state index contributed by atoms with van der Waals surface area (Å²) in [6.45, 7) is 0.859. The lowest BCUT2D eigenvalue weighted by Crippen LogP contribution is -2.31. The molecule has 0 atom stereocenters. The molecule has 3 aromatic heterocycles. The van der Waals surface area contributed by atoms with E-state index in [2.05, 4.69) is 15.4 Å². The number of methoxy groups -OCH3 is 1. The van der Waals surface area contributed by atoms with Crippen LogP contribution >= 0.6 is 0 Å². The molecule has 180 valence electrons. The molecular formula is C25H27N7O3.